The normalized spacial score (nSPS) is 10.5. The molecule has 2 N–H and O–H groups in total. The number of carbonyl (C=O) groups is 1. The molecule has 0 radical (unpaired) electrons. The van der Waals surface area contributed by atoms with Crippen LogP contribution in [0.3, 0.4) is 0 Å². The number of para-hydroxylation sites is 1. The van der Waals surface area contributed by atoms with Crippen molar-refractivity contribution < 1.29 is 22.4 Å². The molecule has 0 fully saturated rings. The van der Waals surface area contributed by atoms with Crippen molar-refractivity contribution in [2.24, 2.45) is 0 Å². The molecule has 1 amide bonds. The molecule has 9 heteroatoms. The lowest BCUT2D eigenvalue weighted by Gasteiger charge is -2.08. The fraction of sp³-hybridized carbons (Fsp3) is 0. The number of aromatic nitrogens is 2. The summed E-state index contributed by atoms with van der Waals surface area (Å²) in [6.45, 7) is 0. The van der Waals surface area contributed by atoms with E-state index in [9.17, 15) is 22.4 Å². The Hall–Kier alpha value is -3.49. The fourth-order valence-electron chi connectivity index (χ4n) is 2.05. The largest absolute Gasteiger partial charge is 0.336 e. The van der Waals surface area contributed by atoms with Gasteiger partial charge < -0.3 is 10.6 Å². The first-order chi connectivity index (χ1) is 12.5. The minimum absolute atomic E-state index is 0.0572. The molecule has 3 aromatic rings. The maximum absolute atomic E-state index is 13.6. The van der Waals surface area contributed by atoms with Crippen LogP contribution in [0.4, 0.5) is 34.9 Å². The van der Waals surface area contributed by atoms with Gasteiger partial charge in [0, 0.05) is 0 Å². The Morgan fingerprint density at radius 2 is 1.46 bits per heavy atom. The Bertz CT molecular complexity index is 963. The standard InChI is InChI=1S/C17H10F4N4O/c18-10-3-1-2-4-12(10)22-13-7-8-14(25-24-13)23-17(26)9-5-6-11(19)16(21)15(9)20/h1-8H,(H,22,24)(H,23,25,26). The Balaban J connectivity index is 1.72. The highest BCUT2D eigenvalue weighted by molar-refractivity contribution is 6.03. The molecular weight excluding hydrogens is 352 g/mol. The summed E-state index contributed by atoms with van der Waals surface area (Å²) in [4.78, 5) is 11.9. The Morgan fingerprint density at radius 1 is 0.769 bits per heavy atom. The summed E-state index contributed by atoms with van der Waals surface area (Å²) in [6, 6.07) is 10.1. The van der Waals surface area contributed by atoms with Gasteiger partial charge in [-0.15, -0.1) is 10.2 Å². The second-order valence-electron chi connectivity index (χ2n) is 5.09. The fourth-order valence-corrected chi connectivity index (χ4v) is 2.05. The summed E-state index contributed by atoms with van der Waals surface area (Å²) in [5, 5.41) is 12.3. The summed E-state index contributed by atoms with van der Waals surface area (Å²) in [5.41, 5.74) is -0.498. The van der Waals surface area contributed by atoms with Gasteiger partial charge in [-0.3, -0.25) is 4.79 Å². The summed E-state index contributed by atoms with van der Waals surface area (Å²) in [7, 11) is 0. The van der Waals surface area contributed by atoms with Crippen LogP contribution < -0.4 is 10.6 Å². The smallest absolute Gasteiger partial charge is 0.259 e. The second-order valence-corrected chi connectivity index (χ2v) is 5.09. The van der Waals surface area contributed by atoms with Crippen molar-refractivity contribution in [3.05, 3.63) is 77.4 Å². The molecule has 1 aromatic heterocycles. The molecule has 5 nitrogen and oxygen atoms in total. The molecule has 132 valence electrons. The highest BCUT2D eigenvalue weighted by atomic mass is 19.2. The van der Waals surface area contributed by atoms with E-state index in [4.69, 9.17) is 0 Å². The van der Waals surface area contributed by atoms with Gasteiger partial charge in [-0.1, -0.05) is 12.1 Å². The minimum atomic E-state index is -1.74. The first kappa shape index (κ1) is 17.3. The predicted octanol–water partition coefficient (Wildman–Crippen LogP) is 4.03. The summed E-state index contributed by atoms with van der Waals surface area (Å²) >= 11 is 0. The molecule has 0 saturated heterocycles. The van der Waals surface area contributed by atoms with Crippen molar-refractivity contribution in [2.75, 3.05) is 10.6 Å². The van der Waals surface area contributed by atoms with Gasteiger partial charge in [0.15, 0.2) is 29.1 Å². The van der Waals surface area contributed by atoms with Crippen molar-refractivity contribution >= 4 is 23.2 Å². The van der Waals surface area contributed by atoms with Gasteiger partial charge in [0.25, 0.3) is 5.91 Å². The molecule has 0 aliphatic carbocycles. The zero-order valence-electron chi connectivity index (χ0n) is 12.9. The van der Waals surface area contributed by atoms with Gasteiger partial charge >= 0.3 is 0 Å². The first-order valence-corrected chi connectivity index (χ1v) is 7.26. The van der Waals surface area contributed by atoms with Crippen LogP contribution in [0.25, 0.3) is 0 Å². The number of benzene rings is 2. The Kier molecular flexibility index (Phi) is 4.78. The highest BCUT2D eigenvalue weighted by Crippen LogP contribution is 2.19. The number of nitrogens with one attached hydrogen (secondary N) is 2. The monoisotopic (exact) mass is 362 g/mol. The summed E-state index contributed by atoms with van der Waals surface area (Å²) in [6.07, 6.45) is 0. The summed E-state index contributed by atoms with van der Waals surface area (Å²) in [5.74, 6) is -6.11. The number of hydrogen-bond acceptors (Lipinski definition) is 4. The number of hydrogen-bond donors (Lipinski definition) is 2. The lowest BCUT2D eigenvalue weighted by molar-refractivity contribution is 0.102. The third-order valence-corrected chi connectivity index (χ3v) is 3.32. The van der Waals surface area contributed by atoms with Gasteiger partial charge in [0.1, 0.15) is 5.82 Å². The maximum atomic E-state index is 13.6. The number of anilines is 3. The van der Waals surface area contributed by atoms with Crippen molar-refractivity contribution in [1.29, 1.82) is 0 Å². The topological polar surface area (TPSA) is 66.9 Å². The van der Waals surface area contributed by atoms with E-state index in [1.807, 2.05) is 0 Å². The zero-order valence-corrected chi connectivity index (χ0v) is 12.9. The third-order valence-electron chi connectivity index (χ3n) is 3.32. The molecule has 0 bridgehead atoms. The SMILES string of the molecule is O=C(Nc1ccc(Nc2ccccc2F)nn1)c1ccc(F)c(F)c1F. The van der Waals surface area contributed by atoms with E-state index in [1.54, 1.807) is 6.07 Å². The molecule has 26 heavy (non-hydrogen) atoms. The molecule has 2 aromatic carbocycles. The minimum Gasteiger partial charge on any atom is -0.336 e. The van der Waals surface area contributed by atoms with Gasteiger partial charge in [-0.25, -0.2) is 17.6 Å². The quantitative estimate of drug-likeness (QED) is 0.543. The third kappa shape index (κ3) is 3.61. The number of halogens is 4. The van der Waals surface area contributed by atoms with E-state index < -0.39 is 34.7 Å². The van der Waals surface area contributed by atoms with E-state index in [1.165, 1.54) is 30.3 Å². The van der Waals surface area contributed by atoms with Crippen molar-refractivity contribution in [3.8, 4) is 0 Å². The second kappa shape index (κ2) is 7.18. The highest BCUT2D eigenvalue weighted by Gasteiger charge is 2.19. The van der Waals surface area contributed by atoms with Gasteiger partial charge in [0.05, 0.1) is 11.3 Å². The van der Waals surface area contributed by atoms with Crippen molar-refractivity contribution in [1.82, 2.24) is 10.2 Å². The van der Waals surface area contributed by atoms with E-state index in [2.05, 4.69) is 20.8 Å². The van der Waals surface area contributed by atoms with E-state index >= 15 is 0 Å². The predicted molar refractivity (Wildman–Crippen MR) is 86.0 cm³/mol. The number of carbonyl (C=O) groups excluding carboxylic acids is 1. The van der Waals surface area contributed by atoms with Crippen LogP contribution in [0.5, 0.6) is 0 Å². The van der Waals surface area contributed by atoms with Crippen molar-refractivity contribution in [3.63, 3.8) is 0 Å². The van der Waals surface area contributed by atoms with E-state index in [0.717, 1.165) is 6.07 Å². The molecular formula is C17H10F4N4O. The van der Waals surface area contributed by atoms with Gasteiger partial charge in [0.2, 0.25) is 0 Å². The van der Waals surface area contributed by atoms with Crippen LogP contribution >= 0.6 is 0 Å². The summed E-state index contributed by atoms with van der Waals surface area (Å²) < 4.78 is 53.2. The number of nitrogens with zero attached hydrogens (tertiary/aromatic N) is 2. The molecule has 3 rings (SSSR count). The molecule has 0 atom stereocenters. The van der Waals surface area contributed by atoms with Crippen LogP contribution in [0.15, 0.2) is 48.5 Å². The molecule has 0 spiro atoms. The molecule has 0 saturated carbocycles. The lowest BCUT2D eigenvalue weighted by Crippen LogP contribution is -2.16. The van der Waals surface area contributed by atoms with Crippen molar-refractivity contribution in [2.45, 2.75) is 0 Å². The maximum Gasteiger partial charge on any atom is 0.259 e. The molecule has 1 heterocycles. The lowest BCUT2D eigenvalue weighted by atomic mass is 10.2. The van der Waals surface area contributed by atoms with Crippen LogP contribution in [0.1, 0.15) is 10.4 Å². The number of rotatable bonds is 4. The molecule has 0 aliphatic heterocycles. The average Bonchev–Trinajstić information content (AvgIpc) is 2.63. The van der Waals surface area contributed by atoms with E-state index in [-0.39, 0.29) is 17.3 Å². The average molecular weight is 362 g/mol. The van der Waals surface area contributed by atoms with Crippen LogP contribution in [-0.4, -0.2) is 16.1 Å². The van der Waals surface area contributed by atoms with Gasteiger partial charge in [-0.05, 0) is 36.4 Å². The first-order valence-electron chi connectivity index (χ1n) is 7.26. The zero-order chi connectivity index (χ0) is 18.7. The van der Waals surface area contributed by atoms with Crippen LogP contribution in [0.2, 0.25) is 0 Å². The van der Waals surface area contributed by atoms with Crippen LogP contribution in [-0.2, 0) is 0 Å². The van der Waals surface area contributed by atoms with Gasteiger partial charge in [-0.2, -0.15) is 0 Å². The molecule has 0 unspecified atom stereocenters. The number of amides is 1. The Morgan fingerprint density at radius 3 is 2.15 bits per heavy atom. The Labute approximate surface area is 144 Å². The van der Waals surface area contributed by atoms with Crippen LogP contribution in [0, 0.1) is 23.3 Å². The van der Waals surface area contributed by atoms with E-state index in [0.29, 0.717) is 6.07 Å². The molecule has 0 aliphatic rings.